The Morgan fingerprint density at radius 3 is 2.38 bits per heavy atom. The van der Waals surface area contributed by atoms with Crippen molar-refractivity contribution in [3.8, 4) is 5.75 Å². The lowest BCUT2D eigenvalue weighted by Crippen LogP contribution is -2.27. The van der Waals surface area contributed by atoms with Crippen LogP contribution >= 0.6 is 0 Å². The Morgan fingerprint density at radius 1 is 0.897 bits per heavy atom. The van der Waals surface area contributed by atoms with E-state index in [2.05, 4.69) is 16.0 Å². The van der Waals surface area contributed by atoms with Gasteiger partial charge in [-0.2, -0.15) is 0 Å². The van der Waals surface area contributed by atoms with Gasteiger partial charge in [-0.05, 0) is 42.5 Å². The molecule has 0 spiro atoms. The summed E-state index contributed by atoms with van der Waals surface area (Å²) in [5.41, 5.74) is 1.86. The number of rotatable bonds is 12. The summed E-state index contributed by atoms with van der Waals surface area (Å²) in [7, 11) is 3.19. The minimum Gasteiger partial charge on any atom is -0.491 e. The Labute approximate surface area is 170 Å². The highest BCUT2D eigenvalue weighted by molar-refractivity contribution is 5.96. The van der Waals surface area contributed by atoms with E-state index >= 15 is 0 Å². The van der Waals surface area contributed by atoms with Crippen LogP contribution in [-0.4, -0.2) is 58.9 Å². The third kappa shape index (κ3) is 8.20. The molecule has 0 unspecified atom stereocenters. The van der Waals surface area contributed by atoms with Crippen molar-refractivity contribution >= 4 is 23.2 Å². The van der Waals surface area contributed by atoms with Crippen LogP contribution in [0, 0.1) is 0 Å². The van der Waals surface area contributed by atoms with Crippen LogP contribution in [0.3, 0.4) is 0 Å². The highest BCUT2D eigenvalue weighted by Gasteiger charge is 2.07. The Morgan fingerprint density at radius 2 is 1.66 bits per heavy atom. The van der Waals surface area contributed by atoms with Gasteiger partial charge in [0.25, 0.3) is 5.91 Å². The Kier molecular flexibility index (Phi) is 9.47. The molecule has 0 saturated heterocycles. The molecular weight excluding hydrogens is 374 g/mol. The molecule has 156 valence electrons. The fourth-order valence-electron chi connectivity index (χ4n) is 2.40. The molecular formula is C21H27N3O5. The van der Waals surface area contributed by atoms with Gasteiger partial charge in [0.15, 0.2) is 0 Å². The lowest BCUT2D eigenvalue weighted by atomic mass is 10.2. The maximum Gasteiger partial charge on any atom is 0.251 e. The lowest BCUT2D eigenvalue weighted by molar-refractivity contribution is -0.114. The summed E-state index contributed by atoms with van der Waals surface area (Å²) >= 11 is 0. The zero-order valence-corrected chi connectivity index (χ0v) is 16.7. The van der Waals surface area contributed by atoms with Gasteiger partial charge in [-0.15, -0.1) is 0 Å². The molecule has 3 N–H and O–H groups in total. The van der Waals surface area contributed by atoms with E-state index in [-0.39, 0.29) is 18.4 Å². The standard InChI is InChI=1S/C21H27N3O5/c1-27-11-10-22-21(26)16-4-3-5-18(14-16)23-15-20(25)24-17-6-8-19(9-7-17)29-13-12-28-2/h3-9,14,23H,10-13,15H2,1-2H3,(H,22,26)(H,24,25). The monoisotopic (exact) mass is 401 g/mol. The van der Waals surface area contributed by atoms with Crippen molar-refractivity contribution in [1.29, 1.82) is 0 Å². The molecule has 0 aliphatic heterocycles. The first-order chi connectivity index (χ1) is 14.1. The van der Waals surface area contributed by atoms with E-state index in [9.17, 15) is 9.59 Å². The molecule has 0 saturated carbocycles. The fraction of sp³-hybridized carbons (Fsp3) is 0.333. The van der Waals surface area contributed by atoms with Crippen molar-refractivity contribution in [3.63, 3.8) is 0 Å². The third-order valence-electron chi connectivity index (χ3n) is 3.86. The highest BCUT2D eigenvalue weighted by Crippen LogP contribution is 2.16. The first-order valence-corrected chi connectivity index (χ1v) is 9.25. The zero-order chi connectivity index (χ0) is 20.9. The van der Waals surface area contributed by atoms with Gasteiger partial charge in [-0.25, -0.2) is 0 Å². The number of nitrogens with one attached hydrogen (secondary N) is 3. The van der Waals surface area contributed by atoms with E-state index in [4.69, 9.17) is 14.2 Å². The summed E-state index contributed by atoms with van der Waals surface area (Å²) < 4.78 is 15.3. The van der Waals surface area contributed by atoms with Crippen LogP contribution in [0.2, 0.25) is 0 Å². The van der Waals surface area contributed by atoms with Crippen LogP contribution in [0.5, 0.6) is 5.75 Å². The maximum absolute atomic E-state index is 12.2. The summed E-state index contributed by atoms with van der Waals surface area (Å²) in [6.07, 6.45) is 0. The third-order valence-corrected chi connectivity index (χ3v) is 3.86. The Bertz CT molecular complexity index is 780. The summed E-state index contributed by atoms with van der Waals surface area (Å²) in [4.78, 5) is 24.2. The number of carbonyl (C=O) groups excluding carboxylic acids is 2. The van der Waals surface area contributed by atoms with Crippen LogP contribution in [-0.2, 0) is 14.3 Å². The number of hydrogen-bond acceptors (Lipinski definition) is 6. The Balaban J connectivity index is 1.80. The average Bonchev–Trinajstić information content (AvgIpc) is 2.74. The van der Waals surface area contributed by atoms with Crippen LogP contribution in [0.25, 0.3) is 0 Å². The van der Waals surface area contributed by atoms with Crippen molar-refractivity contribution in [2.45, 2.75) is 0 Å². The molecule has 2 rings (SSSR count). The Hall–Kier alpha value is -3.10. The molecule has 8 heteroatoms. The summed E-state index contributed by atoms with van der Waals surface area (Å²) in [5, 5.41) is 8.58. The number of amides is 2. The normalized spacial score (nSPS) is 10.3. The summed E-state index contributed by atoms with van der Waals surface area (Å²) in [6.45, 7) is 1.94. The van der Waals surface area contributed by atoms with Crippen LogP contribution in [0.1, 0.15) is 10.4 Å². The van der Waals surface area contributed by atoms with E-state index in [0.29, 0.717) is 49.1 Å². The molecule has 2 aromatic carbocycles. The van der Waals surface area contributed by atoms with Crippen LogP contribution in [0.4, 0.5) is 11.4 Å². The number of methoxy groups -OCH3 is 2. The molecule has 2 amide bonds. The highest BCUT2D eigenvalue weighted by atomic mass is 16.5. The van der Waals surface area contributed by atoms with E-state index in [1.807, 2.05) is 0 Å². The second-order valence-electron chi connectivity index (χ2n) is 6.10. The second kappa shape index (κ2) is 12.4. The molecule has 0 aliphatic carbocycles. The number of ether oxygens (including phenoxy) is 3. The first kappa shape index (κ1) is 22.2. The molecule has 0 radical (unpaired) electrons. The second-order valence-corrected chi connectivity index (χ2v) is 6.10. The summed E-state index contributed by atoms with van der Waals surface area (Å²) in [5.74, 6) is 0.315. The predicted molar refractivity (Wildman–Crippen MR) is 112 cm³/mol. The van der Waals surface area contributed by atoms with Gasteiger partial charge >= 0.3 is 0 Å². The minimum absolute atomic E-state index is 0.0703. The fourth-order valence-corrected chi connectivity index (χ4v) is 2.40. The van der Waals surface area contributed by atoms with Gasteiger partial charge in [0, 0.05) is 37.7 Å². The quantitative estimate of drug-likeness (QED) is 0.472. The number of benzene rings is 2. The van der Waals surface area contributed by atoms with Gasteiger partial charge in [-0.3, -0.25) is 9.59 Å². The molecule has 8 nitrogen and oxygen atoms in total. The predicted octanol–water partition coefficient (Wildman–Crippen LogP) is 2.14. The van der Waals surface area contributed by atoms with E-state index in [1.54, 1.807) is 62.8 Å². The number of anilines is 2. The van der Waals surface area contributed by atoms with Crippen molar-refractivity contribution < 1.29 is 23.8 Å². The van der Waals surface area contributed by atoms with Crippen LogP contribution in [0.15, 0.2) is 48.5 Å². The molecule has 0 aromatic heterocycles. The largest absolute Gasteiger partial charge is 0.491 e. The van der Waals surface area contributed by atoms with Crippen molar-refractivity contribution in [2.75, 3.05) is 57.8 Å². The molecule has 0 fully saturated rings. The molecule has 2 aromatic rings. The molecule has 29 heavy (non-hydrogen) atoms. The molecule has 0 atom stereocenters. The first-order valence-electron chi connectivity index (χ1n) is 9.25. The topological polar surface area (TPSA) is 97.9 Å². The van der Waals surface area contributed by atoms with Gasteiger partial charge in [0.1, 0.15) is 12.4 Å². The minimum atomic E-state index is -0.201. The van der Waals surface area contributed by atoms with Gasteiger partial charge in [-0.1, -0.05) is 6.07 Å². The van der Waals surface area contributed by atoms with Crippen molar-refractivity contribution in [2.24, 2.45) is 0 Å². The number of carbonyl (C=O) groups is 2. The van der Waals surface area contributed by atoms with Crippen molar-refractivity contribution in [3.05, 3.63) is 54.1 Å². The molecule has 0 bridgehead atoms. The van der Waals surface area contributed by atoms with Gasteiger partial charge in [0.2, 0.25) is 5.91 Å². The SMILES string of the molecule is COCCNC(=O)c1cccc(NCC(=O)Nc2ccc(OCCOC)cc2)c1. The lowest BCUT2D eigenvalue weighted by Gasteiger charge is -2.10. The summed E-state index contributed by atoms with van der Waals surface area (Å²) in [6, 6.07) is 14.1. The smallest absolute Gasteiger partial charge is 0.251 e. The number of hydrogen-bond donors (Lipinski definition) is 3. The molecule has 0 heterocycles. The molecule has 0 aliphatic rings. The van der Waals surface area contributed by atoms with E-state index in [0.717, 1.165) is 0 Å². The zero-order valence-electron chi connectivity index (χ0n) is 16.7. The average molecular weight is 401 g/mol. The van der Waals surface area contributed by atoms with Crippen molar-refractivity contribution in [1.82, 2.24) is 5.32 Å². The van der Waals surface area contributed by atoms with E-state index in [1.165, 1.54) is 0 Å². The maximum atomic E-state index is 12.2. The van der Waals surface area contributed by atoms with E-state index < -0.39 is 0 Å². The van der Waals surface area contributed by atoms with Gasteiger partial charge in [0.05, 0.1) is 19.8 Å². The van der Waals surface area contributed by atoms with Crippen LogP contribution < -0.4 is 20.7 Å². The van der Waals surface area contributed by atoms with Gasteiger partial charge < -0.3 is 30.2 Å².